The second-order valence-corrected chi connectivity index (χ2v) is 10.9. The van der Waals surface area contributed by atoms with Gasteiger partial charge in [0.15, 0.2) is 12.0 Å². The molecule has 0 radical (unpaired) electrons. The zero-order valence-corrected chi connectivity index (χ0v) is 26.0. The molecule has 37 heavy (non-hydrogen) atoms. The maximum atomic E-state index is 12.8. The van der Waals surface area contributed by atoms with Crippen LogP contribution in [0, 0.1) is 0 Å². The molecule has 3 atom stereocenters. The number of nitrogens with zero attached hydrogens (tertiary/aromatic N) is 5. The Morgan fingerprint density at radius 2 is 1.92 bits per heavy atom. The van der Waals surface area contributed by atoms with Crippen LogP contribution < -0.4 is 64.4 Å². The van der Waals surface area contributed by atoms with Crippen LogP contribution >= 0.6 is 23.5 Å². The summed E-state index contributed by atoms with van der Waals surface area (Å²) in [6.07, 6.45) is -1.48. The first-order chi connectivity index (χ1) is 16.6. The molecule has 19 heteroatoms. The van der Waals surface area contributed by atoms with Gasteiger partial charge in [-0.05, 0) is 21.6 Å². The molecule has 0 aliphatic carbocycles. The molecular formula is C18H18N6Na2O8S3+2. The van der Waals surface area contributed by atoms with E-state index < -0.39 is 51.3 Å². The van der Waals surface area contributed by atoms with E-state index in [-0.39, 0.29) is 81.5 Å². The molecule has 2 aliphatic rings. The Morgan fingerprint density at radius 3 is 2.54 bits per heavy atom. The van der Waals surface area contributed by atoms with Crippen LogP contribution in [0.5, 0.6) is 0 Å². The van der Waals surface area contributed by atoms with Crippen molar-refractivity contribution < 1.29 is 96.7 Å². The van der Waals surface area contributed by atoms with Crippen molar-refractivity contribution in [1.82, 2.24) is 30.4 Å². The third-order valence-electron chi connectivity index (χ3n) is 5.07. The number of β-lactam (4-membered cyclic amide) rings is 1. The Morgan fingerprint density at radius 1 is 1.24 bits per heavy atom. The Balaban J connectivity index is 0.00000241. The van der Waals surface area contributed by atoms with Crippen molar-refractivity contribution in [2.75, 3.05) is 11.5 Å². The Labute approximate surface area is 263 Å². The monoisotopic (exact) mass is 588 g/mol. The van der Waals surface area contributed by atoms with Crippen molar-refractivity contribution in [3.8, 4) is 0 Å². The summed E-state index contributed by atoms with van der Waals surface area (Å²) in [6, 6.07) is 7.17. The number of aliphatic hydroxyl groups excluding tert-OH is 1. The molecule has 2 aromatic rings. The summed E-state index contributed by atoms with van der Waals surface area (Å²) in [6.45, 7) is 0. The second kappa shape index (κ2) is 13.4. The van der Waals surface area contributed by atoms with Gasteiger partial charge >= 0.3 is 65.1 Å². The van der Waals surface area contributed by atoms with Gasteiger partial charge in [0.1, 0.15) is 17.1 Å². The molecule has 14 nitrogen and oxygen atoms in total. The Hall–Kier alpha value is -0.990. The third kappa shape index (κ3) is 7.36. The van der Waals surface area contributed by atoms with Crippen LogP contribution in [0.2, 0.25) is 0 Å². The van der Waals surface area contributed by atoms with Gasteiger partial charge in [0.25, 0.3) is 21.9 Å². The summed E-state index contributed by atoms with van der Waals surface area (Å²) in [5, 5.41) is 32.4. The van der Waals surface area contributed by atoms with Crippen molar-refractivity contribution in [2.45, 2.75) is 28.6 Å². The minimum atomic E-state index is -4.40. The van der Waals surface area contributed by atoms with E-state index in [9.17, 15) is 33.0 Å². The number of benzene rings is 1. The van der Waals surface area contributed by atoms with E-state index in [1.165, 1.54) is 11.8 Å². The molecule has 2 aliphatic heterocycles. The number of carbonyl (C=O) groups is 3. The number of hydrogen-bond donors (Lipinski definition) is 4. The SMILES string of the molecule is O=C(O)C1=C(CSc2nnnn2CS(=O)(=O)O)CS[C@@H]2[C@H](NC(=O)[C@H](O)c3ccccc3)C(=O)N12.[Na+].[Na+]. The topological polar surface area (TPSA) is 205 Å². The first-order valence-electron chi connectivity index (χ1n) is 9.84. The molecule has 1 aromatic carbocycles. The number of nitrogens with one attached hydrogen (secondary N) is 1. The number of aliphatic hydroxyl groups is 1. The molecule has 4 N–H and O–H groups in total. The third-order valence-corrected chi connectivity index (χ3v) is 8.03. The van der Waals surface area contributed by atoms with Crippen LogP contribution in [0.25, 0.3) is 0 Å². The number of hydrogen-bond acceptors (Lipinski definition) is 11. The van der Waals surface area contributed by atoms with Gasteiger partial charge in [0.2, 0.25) is 5.16 Å². The number of carbonyl (C=O) groups excluding carboxylic acids is 2. The van der Waals surface area contributed by atoms with Crippen LogP contribution in [0.3, 0.4) is 0 Å². The standard InChI is InChI=1S/C18H18N6O8S3.2Na/c25-13(9-4-2-1-3-5-9)14(26)19-11-15(27)24-12(17(28)29)10(6-33-16(11)24)7-34-18-20-21-22-23(18)8-35(30,31)32;;/h1-5,11,13,16,25H,6-8H2,(H,19,26)(H,28,29)(H,30,31,32);;/q;2*+1/t11-,13-,16-;;/m1../s1. The summed E-state index contributed by atoms with van der Waals surface area (Å²) in [5.74, 6) is -3.39. The van der Waals surface area contributed by atoms with Gasteiger partial charge in [-0.1, -0.05) is 42.1 Å². The van der Waals surface area contributed by atoms with E-state index in [2.05, 4.69) is 20.8 Å². The molecule has 3 heterocycles. The summed E-state index contributed by atoms with van der Waals surface area (Å²) in [5.41, 5.74) is 0.480. The average Bonchev–Trinajstić information content (AvgIpc) is 3.25. The quantitative estimate of drug-likeness (QED) is 0.0932. The van der Waals surface area contributed by atoms with Crippen molar-refractivity contribution in [2.24, 2.45) is 0 Å². The van der Waals surface area contributed by atoms with E-state index in [0.717, 1.165) is 21.3 Å². The molecule has 0 saturated carbocycles. The molecule has 1 fully saturated rings. The predicted octanol–water partition coefficient (Wildman–Crippen LogP) is -6.91. The molecule has 0 bridgehead atoms. The van der Waals surface area contributed by atoms with E-state index >= 15 is 0 Å². The number of carboxylic acids is 1. The minimum Gasteiger partial charge on any atom is -0.477 e. The van der Waals surface area contributed by atoms with Crippen molar-refractivity contribution in [3.63, 3.8) is 0 Å². The molecule has 1 saturated heterocycles. The maximum absolute atomic E-state index is 12.8. The summed E-state index contributed by atoms with van der Waals surface area (Å²) in [4.78, 5) is 38.3. The summed E-state index contributed by atoms with van der Waals surface area (Å²) in [7, 11) is -4.40. The van der Waals surface area contributed by atoms with Crippen LogP contribution in [-0.2, 0) is 30.4 Å². The molecule has 4 rings (SSSR count). The number of fused-ring (bicyclic) bond motifs is 1. The molecule has 0 unspecified atom stereocenters. The number of aliphatic carboxylic acids is 1. The number of aromatic nitrogens is 4. The van der Waals surface area contributed by atoms with Crippen LogP contribution in [-0.4, -0.2) is 89.0 Å². The largest absolute Gasteiger partial charge is 1.00 e. The van der Waals surface area contributed by atoms with E-state index in [4.69, 9.17) is 4.55 Å². The molecule has 186 valence electrons. The van der Waals surface area contributed by atoms with Gasteiger partial charge < -0.3 is 15.5 Å². The zero-order valence-electron chi connectivity index (χ0n) is 19.6. The van der Waals surface area contributed by atoms with Crippen LogP contribution in [0.1, 0.15) is 11.7 Å². The molecule has 1 aromatic heterocycles. The minimum absolute atomic E-state index is 0. The second-order valence-electron chi connectivity index (χ2n) is 7.43. The van der Waals surface area contributed by atoms with Crippen molar-refractivity contribution >= 4 is 51.4 Å². The fourth-order valence-corrected chi connectivity index (χ4v) is 6.43. The van der Waals surface area contributed by atoms with E-state index in [1.54, 1.807) is 30.3 Å². The van der Waals surface area contributed by atoms with Gasteiger partial charge in [-0.2, -0.15) is 8.42 Å². The Bertz CT molecular complexity index is 1310. The molecular weight excluding hydrogens is 570 g/mol. The van der Waals surface area contributed by atoms with Gasteiger partial charge in [0.05, 0.1) is 0 Å². The first-order valence-corrected chi connectivity index (χ1v) is 13.5. The van der Waals surface area contributed by atoms with Gasteiger partial charge in [-0.3, -0.25) is 19.0 Å². The number of amides is 2. The van der Waals surface area contributed by atoms with Gasteiger partial charge in [0, 0.05) is 11.5 Å². The molecule has 2 amide bonds. The average molecular weight is 589 g/mol. The fourth-order valence-electron chi connectivity index (χ4n) is 3.50. The zero-order chi connectivity index (χ0) is 25.3. The molecule has 0 spiro atoms. The number of carboxylic acid groups (broad SMARTS) is 1. The smallest absolute Gasteiger partial charge is 0.477 e. The number of rotatable bonds is 9. The Kier molecular flexibility index (Phi) is 11.7. The predicted molar refractivity (Wildman–Crippen MR) is 121 cm³/mol. The fraction of sp³-hybridized carbons (Fsp3) is 0.333. The normalized spacial score (nSPS) is 19.6. The van der Waals surface area contributed by atoms with Gasteiger partial charge in [-0.25, -0.2) is 9.48 Å². The van der Waals surface area contributed by atoms with Crippen molar-refractivity contribution in [3.05, 3.63) is 47.2 Å². The van der Waals surface area contributed by atoms with E-state index in [0.29, 0.717) is 11.1 Å². The van der Waals surface area contributed by atoms with Crippen LogP contribution in [0.4, 0.5) is 0 Å². The van der Waals surface area contributed by atoms with Crippen molar-refractivity contribution in [1.29, 1.82) is 0 Å². The maximum Gasteiger partial charge on any atom is 1.00 e. The number of tetrazole rings is 1. The number of thioether (sulfide) groups is 2. The van der Waals surface area contributed by atoms with Crippen LogP contribution in [0.15, 0.2) is 46.8 Å². The van der Waals surface area contributed by atoms with E-state index in [1.807, 2.05) is 0 Å². The summed E-state index contributed by atoms with van der Waals surface area (Å²) >= 11 is 2.17. The summed E-state index contributed by atoms with van der Waals surface area (Å²) < 4.78 is 32.0. The first kappa shape index (κ1) is 32.2. The van der Waals surface area contributed by atoms with Gasteiger partial charge in [-0.15, -0.1) is 16.9 Å².